The molecule has 0 fully saturated rings. The maximum absolute atomic E-state index is 5.32. The molecule has 15 heavy (non-hydrogen) atoms. The van der Waals surface area contributed by atoms with Crippen molar-refractivity contribution in [2.45, 2.75) is 20.3 Å². The number of ether oxygens (including phenoxy) is 1. The Bertz CT molecular complexity index is 333. The number of rotatable bonds is 4. The van der Waals surface area contributed by atoms with Gasteiger partial charge in [-0.15, -0.1) is 0 Å². The van der Waals surface area contributed by atoms with Crippen LogP contribution in [0.25, 0.3) is 6.08 Å². The van der Waals surface area contributed by atoms with Crippen molar-refractivity contribution in [1.82, 2.24) is 0 Å². The van der Waals surface area contributed by atoms with Crippen molar-refractivity contribution in [3.63, 3.8) is 0 Å². The summed E-state index contributed by atoms with van der Waals surface area (Å²) < 4.78 is 5.32. The Kier molecular flexibility index (Phi) is 4.76. The quantitative estimate of drug-likeness (QED) is 0.765. The number of thiol groups is 1. The summed E-state index contributed by atoms with van der Waals surface area (Å²) in [5.41, 5.74) is 3.60. The molecule has 0 aliphatic rings. The van der Waals surface area contributed by atoms with Crippen molar-refractivity contribution in [2.75, 3.05) is 12.9 Å². The summed E-state index contributed by atoms with van der Waals surface area (Å²) >= 11 is 4.17. The van der Waals surface area contributed by atoms with Gasteiger partial charge < -0.3 is 4.74 Å². The first-order valence-electron chi connectivity index (χ1n) is 5.11. The number of methoxy groups -OCH3 is 1. The first-order chi connectivity index (χ1) is 7.19. The van der Waals surface area contributed by atoms with E-state index in [0.717, 1.165) is 17.9 Å². The summed E-state index contributed by atoms with van der Waals surface area (Å²) in [5.74, 6) is 1.88. The lowest BCUT2D eigenvalue weighted by atomic mass is 10.1. The molecule has 1 aromatic carbocycles. The van der Waals surface area contributed by atoms with Crippen LogP contribution >= 0.6 is 12.6 Å². The molecule has 0 saturated carbocycles. The van der Waals surface area contributed by atoms with Gasteiger partial charge in [0.2, 0.25) is 0 Å². The van der Waals surface area contributed by atoms with Gasteiger partial charge in [0.1, 0.15) is 5.75 Å². The van der Waals surface area contributed by atoms with Gasteiger partial charge in [-0.05, 0) is 54.8 Å². The van der Waals surface area contributed by atoms with Gasteiger partial charge in [-0.2, -0.15) is 12.6 Å². The lowest BCUT2D eigenvalue weighted by Gasteiger charge is -2.09. The van der Waals surface area contributed by atoms with Crippen molar-refractivity contribution in [3.05, 3.63) is 34.9 Å². The standard InChI is InChI=1S/C13H18OS/c1-10-8-12(6-4-5-7-15)9-11(2)13(10)14-3/h4,6,8-9,15H,5,7H2,1-3H3. The van der Waals surface area contributed by atoms with Crippen LogP contribution < -0.4 is 4.74 Å². The van der Waals surface area contributed by atoms with Gasteiger partial charge in [0.25, 0.3) is 0 Å². The van der Waals surface area contributed by atoms with Crippen LogP contribution in [0.5, 0.6) is 5.75 Å². The van der Waals surface area contributed by atoms with E-state index < -0.39 is 0 Å². The van der Waals surface area contributed by atoms with E-state index in [0.29, 0.717) is 0 Å². The predicted molar refractivity (Wildman–Crippen MR) is 70.0 cm³/mol. The highest BCUT2D eigenvalue weighted by Crippen LogP contribution is 2.24. The van der Waals surface area contributed by atoms with E-state index >= 15 is 0 Å². The molecule has 82 valence electrons. The van der Waals surface area contributed by atoms with Crippen LogP contribution in [0.2, 0.25) is 0 Å². The molecule has 0 aromatic heterocycles. The third-order valence-electron chi connectivity index (χ3n) is 2.29. The van der Waals surface area contributed by atoms with E-state index in [4.69, 9.17) is 4.74 Å². The van der Waals surface area contributed by atoms with Crippen LogP contribution in [-0.4, -0.2) is 12.9 Å². The molecule has 0 aliphatic heterocycles. The fourth-order valence-corrected chi connectivity index (χ4v) is 1.84. The van der Waals surface area contributed by atoms with E-state index in [1.807, 2.05) is 0 Å². The van der Waals surface area contributed by atoms with Crippen LogP contribution in [0.3, 0.4) is 0 Å². The lowest BCUT2D eigenvalue weighted by Crippen LogP contribution is -1.91. The van der Waals surface area contributed by atoms with Gasteiger partial charge in [0, 0.05) is 0 Å². The molecule has 1 aromatic rings. The van der Waals surface area contributed by atoms with Gasteiger partial charge in [-0.3, -0.25) is 0 Å². The van der Waals surface area contributed by atoms with Crippen molar-refractivity contribution in [1.29, 1.82) is 0 Å². The topological polar surface area (TPSA) is 9.23 Å². The molecule has 0 radical (unpaired) electrons. The monoisotopic (exact) mass is 222 g/mol. The summed E-state index contributed by atoms with van der Waals surface area (Å²) in [6.45, 7) is 4.14. The van der Waals surface area contributed by atoms with E-state index in [1.165, 1.54) is 16.7 Å². The SMILES string of the molecule is COc1c(C)cc(C=CCCS)cc1C. The summed E-state index contributed by atoms with van der Waals surface area (Å²) in [7, 11) is 1.71. The second-order valence-corrected chi connectivity index (χ2v) is 4.05. The third-order valence-corrected chi connectivity index (χ3v) is 2.55. The summed E-state index contributed by atoms with van der Waals surface area (Å²) in [6.07, 6.45) is 5.29. The second-order valence-electron chi connectivity index (χ2n) is 3.60. The fraction of sp³-hybridized carbons (Fsp3) is 0.385. The minimum Gasteiger partial charge on any atom is -0.496 e. The summed E-state index contributed by atoms with van der Waals surface area (Å²) in [4.78, 5) is 0. The van der Waals surface area contributed by atoms with Crippen molar-refractivity contribution in [2.24, 2.45) is 0 Å². The minimum atomic E-state index is 0.893. The molecule has 0 spiro atoms. The van der Waals surface area contributed by atoms with Gasteiger partial charge >= 0.3 is 0 Å². The van der Waals surface area contributed by atoms with Crippen molar-refractivity contribution < 1.29 is 4.74 Å². The molecule has 2 heteroatoms. The number of hydrogen-bond donors (Lipinski definition) is 1. The van der Waals surface area contributed by atoms with E-state index in [-0.39, 0.29) is 0 Å². The summed E-state index contributed by atoms with van der Waals surface area (Å²) in [5, 5.41) is 0. The maximum atomic E-state index is 5.32. The zero-order valence-corrected chi connectivity index (χ0v) is 10.5. The molecular formula is C13H18OS. The average Bonchev–Trinajstić information content (AvgIpc) is 2.18. The molecule has 0 saturated heterocycles. The van der Waals surface area contributed by atoms with Crippen molar-refractivity contribution >= 4 is 18.7 Å². The Balaban J connectivity index is 2.93. The Labute approximate surface area is 97.6 Å². The second kappa shape index (κ2) is 5.86. The van der Waals surface area contributed by atoms with Crippen LogP contribution in [0, 0.1) is 13.8 Å². The molecule has 0 unspecified atom stereocenters. The minimum absolute atomic E-state index is 0.893. The summed E-state index contributed by atoms with van der Waals surface area (Å²) in [6, 6.07) is 4.28. The number of allylic oxidation sites excluding steroid dienone is 1. The molecule has 0 amide bonds. The molecule has 0 bridgehead atoms. The maximum Gasteiger partial charge on any atom is 0.124 e. The number of hydrogen-bond acceptors (Lipinski definition) is 2. The third kappa shape index (κ3) is 3.31. The van der Waals surface area contributed by atoms with E-state index in [9.17, 15) is 0 Å². The van der Waals surface area contributed by atoms with Crippen LogP contribution in [0.4, 0.5) is 0 Å². The Morgan fingerprint density at radius 1 is 1.27 bits per heavy atom. The number of aryl methyl sites for hydroxylation is 2. The fourth-order valence-electron chi connectivity index (χ4n) is 1.70. The highest BCUT2D eigenvalue weighted by Gasteiger charge is 2.02. The van der Waals surface area contributed by atoms with E-state index in [1.54, 1.807) is 7.11 Å². The Hall–Kier alpha value is -0.890. The normalized spacial score (nSPS) is 10.9. The van der Waals surface area contributed by atoms with Crippen molar-refractivity contribution in [3.8, 4) is 5.75 Å². The zero-order valence-electron chi connectivity index (χ0n) is 9.58. The van der Waals surface area contributed by atoms with E-state index in [2.05, 4.69) is 50.8 Å². The smallest absolute Gasteiger partial charge is 0.124 e. The highest BCUT2D eigenvalue weighted by atomic mass is 32.1. The molecule has 1 rings (SSSR count). The molecule has 0 aliphatic carbocycles. The van der Waals surface area contributed by atoms with Gasteiger partial charge in [-0.1, -0.05) is 12.2 Å². The van der Waals surface area contributed by atoms with Crippen LogP contribution in [0.1, 0.15) is 23.1 Å². The first kappa shape index (κ1) is 12.2. The number of benzene rings is 1. The average molecular weight is 222 g/mol. The molecule has 0 atom stereocenters. The Morgan fingerprint density at radius 3 is 2.33 bits per heavy atom. The molecule has 0 N–H and O–H groups in total. The lowest BCUT2D eigenvalue weighted by molar-refractivity contribution is 0.408. The molecule has 1 nitrogen and oxygen atoms in total. The largest absolute Gasteiger partial charge is 0.496 e. The zero-order chi connectivity index (χ0) is 11.3. The first-order valence-corrected chi connectivity index (χ1v) is 5.75. The highest BCUT2D eigenvalue weighted by molar-refractivity contribution is 7.80. The predicted octanol–water partition coefficient (Wildman–Crippen LogP) is 3.65. The van der Waals surface area contributed by atoms with Gasteiger partial charge in [0.15, 0.2) is 0 Å². The van der Waals surface area contributed by atoms with Crippen LogP contribution in [-0.2, 0) is 0 Å². The molecular weight excluding hydrogens is 204 g/mol. The van der Waals surface area contributed by atoms with Crippen LogP contribution in [0.15, 0.2) is 18.2 Å². The van der Waals surface area contributed by atoms with Gasteiger partial charge in [-0.25, -0.2) is 0 Å². The Morgan fingerprint density at radius 2 is 1.87 bits per heavy atom. The molecule has 0 heterocycles. The van der Waals surface area contributed by atoms with Gasteiger partial charge in [0.05, 0.1) is 7.11 Å².